The van der Waals surface area contributed by atoms with E-state index in [0.29, 0.717) is 5.71 Å². The summed E-state index contributed by atoms with van der Waals surface area (Å²) in [7, 11) is 0. The molecule has 0 spiro atoms. The quantitative estimate of drug-likeness (QED) is 0.480. The fourth-order valence-electron chi connectivity index (χ4n) is 1.60. The number of rotatable bonds is 4. The molecule has 0 saturated heterocycles. The van der Waals surface area contributed by atoms with Crippen LogP contribution in [0, 0.1) is 12.8 Å². The van der Waals surface area contributed by atoms with Crippen molar-refractivity contribution in [2.75, 3.05) is 6.61 Å². The van der Waals surface area contributed by atoms with Gasteiger partial charge in [0.05, 0.1) is 12.3 Å². The summed E-state index contributed by atoms with van der Waals surface area (Å²) < 4.78 is 5.75. The van der Waals surface area contributed by atoms with Crippen LogP contribution in [-0.2, 0) is 0 Å². The van der Waals surface area contributed by atoms with E-state index in [1.54, 1.807) is 6.92 Å². The minimum atomic E-state index is 0.592. The Morgan fingerprint density at radius 1 is 1.50 bits per heavy atom. The zero-order chi connectivity index (χ0) is 11.5. The smallest absolute Gasteiger partial charge is 0.128 e. The summed E-state index contributed by atoms with van der Waals surface area (Å²) in [4.78, 5) is 0. The molecule has 0 amide bonds. The molecule has 1 N–H and O–H groups in total. The molecular formula is C13H17NO2. The van der Waals surface area contributed by atoms with E-state index in [-0.39, 0.29) is 0 Å². The van der Waals surface area contributed by atoms with Crippen molar-refractivity contribution in [1.29, 1.82) is 0 Å². The molecule has 1 aromatic carbocycles. The number of hydrogen-bond donors (Lipinski definition) is 1. The van der Waals surface area contributed by atoms with Gasteiger partial charge in [0.15, 0.2) is 0 Å². The van der Waals surface area contributed by atoms with E-state index in [9.17, 15) is 0 Å². The topological polar surface area (TPSA) is 41.8 Å². The first kappa shape index (κ1) is 11.0. The Kier molecular flexibility index (Phi) is 3.13. The van der Waals surface area contributed by atoms with E-state index in [1.807, 2.05) is 25.1 Å². The third-order valence-corrected chi connectivity index (χ3v) is 2.85. The molecule has 0 unspecified atom stereocenters. The molecule has 1 aromatic rings. The van der Waals surface area contributed by atoms with Gasteiger partial charge in [-0.15, -0.1) is 0 Å². The summed E-state index contributed by atoms with van der Waals surface area (Å²) in [5, 5.41) is 12.1. The van der Waals surface area contributed by atoms with Crippen LogP contribution in [0.15, 0.2) is 23.4 Å². The highest BCUT2D eigenvalue weighted by molar-refractivity contribution is 6.00. The lowest BCUT2D eigenvalue weighted by atomic mass is 10.1. The third-order valence-electron chi connectivity index (χ3n) is 2.85. The molecule has 3 nitrogen and oxygen atoms in total. The number of aryl methyl sites for hydroxylation is 1. The second kappa shape index (κ2) is 4.56. The summed E-state index contributed by atoms with van der Waals surface area (Å²) in [5.41, 5.74) is 2.61. The fraction of sp³-hybridized carbons (Fsp3) is 0.462. The first-order chi connectivity index (χ1) is 7.70. The number of ether oxygens (including phenoxy) is 1. The lowest BCUT2D eigenvalue weighted by Crippen LogP contribution is -2.05. The maximum atomic E-state index is 8.83. The molecular weight excluding hydrogens is 202 g/mol. The maximum absolute atomic E-state index is 8.83. The second-order valence-electron chi connectivity index (χ2n) is 4.44. The van der Waals surface area contributed by atoms with Gasteiger partial charge in [-0.1, -0.05) is 16.8 Å². The molecule has 0 aliphatic heterocycles. The van der Waals surface area contributed by atoms with Gasteiger partial charge in [0.1, 0.15) is 5.75 Å². The Labute approximate surface area is 95.7 Å². The van der Waals surface area contributed by atoms with Crippen molar-refractivity contribution >= 4 is 5.71 Å². The Bertz CT molecular complexity index is 408. The lowest BCUT2D eigenvalue weighted by Gasteiger charge is -2.11. The van der Waals surface area contributed by atoms with Crippen LogP contribution in [0.1, 0.15) is 30.9 Å². The molecule has 1 aliphatic carbocycles. The van der Waals surface area contributed by atoms with Crippen molar-refractivity contribution in [3.8, 4) is 5.75 Å². The zero-order valence-electron chi connectivity index (χ0n) is 9.73. The number of oxime groups is 1. The first-order valence-electron chi connectivity index (χ1n) is 5.63. The van der Waals surface area contributed by atoms with Crippen molar-refractivity contribution < 1.29 is 9.94 Å². The van der Waals surface area contributed by atoms with Gasteiger partial charge in [0.2, 0.25) is 0 Å². The van der Waals surface area contributed by atoms with Crippen LogP contribution < -0.4 is 4.74 Å². The van der Waals surface area contributed by atoms with Crippen molar-refractivity contribution in [3.63, 3.8) is 0 Å². The average Bonchev–Trinajstić information content (AvgIpc) is 3.10. The Hall–Kier alpha value is -1.51. The van der Waals surface area contributed by atoms with Crippen LogP contribution in [-0.4, -0.2) is 17.5 Å². The van der Waals surface area contributed by atoms with E-state index >= 15 is 0 Å². The molecule has 0 heterocycles. The fourth-order valence-corrected chi connectivity index (χ4v) is 1.60. The van der Waals surface area contributed by atoms with E-state index in [4.69, 9.17) is 9.94 Å². The highest BCUT2D eigenvalue weighted by Crippen LogP contribution is 2.30. The van der Waals surface area contributed by atoms with Gasteiger partial charge >= 0.3 is 0 Å². The van der Waals surface area contributed by atoms with Crippen molar-refractivity contribution in [2.24, 2.45) is 11.1 Å². The molecule has 0 bridgehead atoms. The summed E-state index contributed by atoms with van der Waals surface area (Å²) in [6, 6.07) is 5.94. The Morgan fingerprint density at radius 3 is 2.88 bits per heavy atom. The normalized spacial score (nSPS) is 16.2. The molecule has 16 heavy (non-hydrogen) atoms. The molecule has 86 valence electrons. The predicted molar refractivity (Wildman–Crippen MR) is 63.4 cm³/mol. The van der Waals surface area contributed by atoms with Gasteiger partial charge in [-0.05, 0) is 44.7 Å². The highest BCUT2D eigenvalue weighted by atomic mass is 16.5. The van der Waals surface area contributed by atoms with Gasteiger partial charge < -0.3 is 9.94 Å². The molecule has 3 heteroatoms. The number of benzene rings is 1. The SMILES string of the molecule is C/C(=N\O)c1cc(C)ccc1OCC1CC1. The molecule has 1 aliphatic rings. The maximum Gasteiger partial charge on any atom is 0.128 e. The summed E-state index contributed by atoms with van der Waals surface area (Å²) >= 11 is 0. The van der Waals surface area contributed by atoms with E-state index in [1.165, 1.54) is 12.8 Å². The van der Waals surface area contributed by atoms with Crippen LogP contribution in [0.3, 0.4) is 0 Å². The molecule has 0 radical (unpaired) electrons. The molecule has 1 saturated carbocycles. The molecule has 1 fully saturated rings. The van der Waals surface area contributed by atoms with Gasteiger partial charge in [0, 0.05) is 5.56 Å². The minimum absolute atomic E-state index is 0.592. The highest BCUT2D eigenvalue weighted by Gasteiger charge is 2.22. The first-order valence-corrected chi connectivity index (χ1v) is 5.63. The van der Waals surface area contributed by atoms with E-state index in [0.717, 1.165) is 29.4 Å². The second-order valence-corrected chi connectivity index (χ2v) is 4.44. The van der Waals surface area contributed by atoms with Crippen LogP contribution in [0.4, 0.5) is 0 Å². The van der Waals surface area contributed by atoms with Crippen LogP contribution in [0.5, 0.6) is 5.75 Å². The van der Waals surface area contributed by atoms with Crippen molar-refractivity contribution in [1.82, 2.24) is 0 Å². The van der Waals surface area contributed by atoms with Crippen LogP contribution in [0.25, 0.3) is 0 Å². The Morgan fingerprint density at radius 2 is 2.25 bits per heavy atom. The van der Waals surface area contributed by atoms with E-state index < -0.39 is 0 Å². The lowest BCUT2D eigenvalue weighted by molar-refractivity contribution is 0.297. The third kappa shape index (κ3) is 2.54. The summed E-state index contributed by atoms with van der Waals surface area (Å²) in [6.07, 6.45) is 2.54. The largest absolute Gasteiger partial charge is 0.493 e. The van der Waals surface area contributed by atoms with Crippen molar-refractivity contribution in [3.05, 3.63) is 29.3 Å². The standard InChI is InChI=1S/C13H17NO2/c1-9-3-6-13(16-8-11-4-5-11)12(7-9)10(2)14-15/h3,6-7,11,15H,4-5,8H2,1-2H3/b14-10+. The van der Waals surface area contributed by atoms with E-state index in [2.05, 4.69) is 5.16 Å². The average molecular weight is 219 g/mol. The van der Waals surface area contributed by atoms with Crippen LogP contribution in [0.2, 0.25) is 0 Å². The minimum Gasteiger partial charge on any atom is -0.493 e. The number of nitrogens with zero attached hydrogens (tertiary/aromatic N) is 1. The van der Waals surface area contributed by atoms with Crippen molar-refractivity contribution in [2.45, 2.75) is 26.7 Å². The molecule has 0 atom stereocenters. The molecule has 2 rings (SSSR count). The molecule has 0 aromatic heterocycles. The zero-order valence-corrected chi connectivity index (χ0v) is 9.73. The van der Waals surface area contributed by atoms with Gasteiger partial charge in [-0.2, -0.15) is 0 Å². The summed E-state index contributed by atoms with van der Waals surface area (Å²) in [6.45, 7) is 4.56. The van der Waals surface area contributed by atoms with Gasteiger partial charge in [-0.3, -0.25) is 0 Å². The predicted octanol–water partition coefficient (Wildman–Crippen LogP) is 2.98. The Balaban J connectivity index is 2.20. The number of hydrogen-bond acceptors (Lipinski definition) is 3. The van der Waals surface area contributed by atoms with Crippen LogP contribution >= 0.6 is 0 Å². The van der Waals surface area contributed by atoms with Gasteiger partial charge in [0.25, 0.3) is 0 Å². The van der Waals surface area contributed by atoms with Gasteiger partial charge in [-0.25, -0.2) is 0 Å². The monoisotopic (exact) mass is 219 g/mol. The summed E-state index contributed by atoms with van der Waals surface area (Å²) in [5.74, 6) is 1.54.